The van der Waals surface area contributed by atoms with Crippen LogP contribution in [0, 0.1) is 0 Å². The standard InChI is InChI=1S/C10H9Br2F2NO2/c1-17-8(16)3-5-2-7(12)15-6(4-11)9(5)10(13)14/h2,10H,3-4H2,1H3. The molecule has 1 aromatic heterocycles. The van der Waals surface area contributed by atoms with Crippen molar-refractivity contribution in [1.82, 2.24) is 4.98 Å². The lowest BCUT2D eigenvalue weighted by atomic mass is 10.0. The van der Waals surface area contributed by atoms with E-state index in [4.69, 9.17) is 0 Å². The van der Waals surface area contributed by atoms with E-state index in [9.17, 15) is 13.6 Å². The zero-order valence-electron chi connectivity index (χ0n) is 8.84. The molecule has 0 aliphatic rings. The van der Waals surface area contributed by atoms with Crippen molar-refractivity contribution in [3.05, 3.63) is 27.5 Å². The Balaban J connectivity index is 3.25. The first-order valence-corrected chi connectivity index (χ1v) is 6.50. The first kappa shape index (κ1) is 14.5. The molecule has 1 rings (SSSR count). The van der Waals surface area contributed by atoms with Gasteiger partial charge < -0.3 is 4.74 Å². The van der Waals surface area contributed by atoms with Crippen molar-refractivity contribution in [1.29, 1.82) is 0 Å². The highest BCUT2D eigenvalue weighted by molar-refractivity contribution is 9.10. The van der Waals surface area contributed by atoms with Gasteiger partial charge in [0.05, 0.1) is 19.2 Å². The van der Waals surface area contributed by atoms with E-state index in [-0.39, 0.29) is 28.6 Å². The van der Waals surface area contributed by atoms with Gasteiger partial charge in [0.15, 0.2) is 0 Å². The number of ether oxygens (including phenoxy) is 1. The smallest absolute Gasteiger partial charge is 0.309 e. The molecule has 3 nitrogen and oxygen atoms in total. The van der Waals surface area contributed by atoms with Crippen LogP contribution in [-0.2, 0) is 21.3 Å². The van der Waals surface area contributed by atoms with Gasteiger partial charge in [-0.2, -0.15) is 0 Å². The predicted molar refractivity (Wildman–Crippen MR) is 65.2 cm³/mol. The van der Waals surface area contributed by atoms with Crippen LogP contribution in [0.4, 0.5) is 8.78 Å². The summed E-state index contributed by atoms with van der Waals surface area (Å²) in [6.07, 6.45) is -2.88. The minimum Gasteiger partial charge on any atom is -0.469 e. The number of hydrogen-bond acceptors (Lipinski definition) is 3. The van der Waals surface area contributed by atoms with E-state index in [1.54, 1.807) is 0 Å². The Morgan fingerprint density at radius 1 is 1.59 bits per heavy atom. The molecule has 17 heavy (non-hydrogen) atoms. The van der Waals surface area contributed by atoms with Gasteiger partial charge >= 0.3 is 5.97 Å². The zero-order valence-corrected chi connectivity index (χ0v) is 12.0. The molecule has 94 valence electrons. The second kappa shape index (κ2) is 6.39. The van der Waals surface area contributed by atoms with Crippen molar-refractivity contribution in [3.8, 4) is 0 Å². The van der Waals surface area contributed by atoms with Crippen LogP contribution in [0.15, 0.2) is 10.7 Å². The molecule has 0 amide bonds. The lowest BCUT2D eigenvalue weighted by Gasteiger charge is -2.12. The first-order chi connectivity index (χ1) is 7.99. The average molecular weight is 373 g/mol. The molecule has 0 aliphatic carbocycles. The third kappa shape index (κ3) is 3.70. The fourth-order valence-corrected chi connectivity index (χ4v) is 2.29. The number of alkyl halides is 3. The monoisotopic (exact) mass is 371 g/mol. The van der Waals surface area contributed by atoms with Crippen LogP contribution in [-0.4, -0.2) is 18.1 Å². The van der Waals surface area contributed by atoms with Crippen molar-refractivity contribution in [2.45, 2.75) is 18.2 Å². The Morgan fingerprint density at radius 2 is 2.24 bits per heavy atom. The molecule has 0 N–H and O–H groups in total. The number of hydrogen-bond donors (Lipinski definition) is 0. The van der Waals surface area contributed by atoms with Crippen LogP contribution in [0.1, 0.15) is 23.2 Å². The molecule has 0 spiro atoms. The molecule has 0 saturated heterocycles. The summed E-state index contributed by atoms with van der Waals surface area (Å²) in [5.74, 6) is -0.564. The molecule has 0 bridgehead atoms. The van der Waals surface area contributed by atoms with Gasteiger partial charge in [-0.25, -0.2) is 13.8 Å². The number of esters is 1. The van der Waals surface area contributed by atoms with E-state index >= 15 is 0 Å². The number of aromatic nitrogens is 1. The molecule has 1 heterocycles. The summed E-state index contributed by atoms with van der Waals surface area (Å²) in [6.45, 7) is 0. The molecular formula is C10H9Br2F2NO2. The third-order valence-electron chi connectivity index (χ3n) is 2.10. The minimum absolute atomic E-state index is 0.195. The predicted octanol–water partition coefficient (Wildman–Crippen LogP) is 3.39. The Kier molecular flexibility index (Phi) is 5.45. The summed E-state index contributed by atoms with van der Waals surface area (Å²) in [5, 5.41) is 0.195. The van der Waals surface area contributed by atoms with E-state index in [2.05, 4.69) is 41.6 Å². The summed E-state index contributed by atoms with van der Waals surface area (Å²) in [5.41, 5.74) is 0.229. The van der Waals surface area contributed by atoms with Crippen LogP contribution in [0.3, 0.4) is 0 Å². The average Bonchev–Trinajstić information content (AvgIpc) is 2.27. The largest absolute Gasteiger partial charge is 0.469 e. The lowest BCUT2D eigenvalue weighted by molar-refractivity contribution is -0.139. The number of carbonyl (C=O) groups excluding carboxylic acids is 1. The van der Waals surface area contributed by atoms with Crippen LogP contribution in [0.5, 0.6) is 0 Å². The van der Waals surface area contributed by atoms with Crippen LogP contribution < -0.4 is 0 Å². The summed E-state index contributed by atoms with van der Waals surface area (Å²) in [6, 6.07) is 1.41. The van der Waals surface area contributed by atoms with Gasteiger partial charge in [-0.05, 0) is 27.6 Å². The molecule has 0 atom stereocenters. The number of carbonyl (C=O) groups is 1. The van der Waals surface area contributed by atoms with E-state index in [0.29, 0.717) is 4.60 Å². The molecule has 1 aromatic rings. The van der Waals surface area contributed by atoms with Gasteiger partial charge in [0.1, 0.15) is 4.60 Å². The van der Waals surface area contributed by atoms with Crippen molar-refractivity contribution in [2.75, 3.05) is 7.11 Å². The third-order valence-corrected chi connectivity index (χ3v) is 3.04. The molecule has 0 fully saturated rings. The maximum atomic E-state index is 12.9. The van der Waals surface area contributed by atoms with E-state index < -0.39 is 12.4 Å². The number of halogens is 4. The molecule has 0 saturated carbocycles. The number of nitrogens with zero attached hydrogens (tertiary/aromatic N) is 1. The van der Waals surface area contributed by atoms with E-state index in [1.807, 2.05) is 0 Å². The minimum atomic E-state index is -2.68. The highest BCUT2D eigenvalue weighted by Crippen LogP contribution is 2.29. The normalized spacial score (nSPS) is 10.7. The molecular weight excluding hydrogens is 364 g/mol. The first-order valence-electron chi connectivity index (χ1n) is 4.58. The summed E-state index contributed by atoms with van der Waals surface area (Å²) >= 11 is 6.22. The maximum absolute atomic E-state index is 12.9. The summed E-state index contributed by atoms with van der Waals surface area (Å²) in [4.78, 5) is 15.1. The maximum Gasteiger partial charge on any atom is 0.309 e. The summed E-state index contributed by atoms with van der Waals surface area (Å²) < 4.78 is 30.7. The van der Waals surface area contributed by atoms with Gasteiger partial charge in [-0.1, -0.05) is 15.9 Å². The fraction of sp³-hybridized carbons (Fsp3) is 0.400. The van der Waals surface area contributed by atoms with Crippen molar-refractivity contribution >= 4 is 37.8 Å². The summed E-state index contributed by atoms with van der Waals surface area (Å²) in [7, 11) is 1.21. The number of methoxy groups -OCH3 is 1. The van der Waals surface area contributed by atoms with Gasteiger partial charge in [-0.15, -0.1) is 0 Å². The van der Waals surface area contributed by atoms with Gasteiger partial charge in [0.2, 0.25) is 0 Å². The van der Waals surface area contributed by atoms with Crippen molar-refractivity contribution < 1.29 is 18.3 Å². The lowest BCUT2D eigenvalue weighted by Crippen LogP contribution is -2.10. The molecule has 0 radical (unpaired) electrons. The van der Waals surface area contributed by atoms with Crippen LogP contribution in [0.2, 0.25) is 0 Å². The SMILES string of the molecule is COC(=O)Cc1cc(Br)nc(CBr)c1C(F)F. The highest BCUT2D eigenvalue weighted by atomic mass is 79.9. The van der Waals surface area contributed by atoms with E-state index in [0.717, 1.165) is 0 Å². The van der Waals surface area contributed by atoms with Crippen molar-refractivity contribution in [2.24, 2.45) is 0 Å². The van der Waals surface area contributed by atoms with Gasteiger partial charge in [-0.3, -0.25) is 4.79 Å². The second-order valence-electron chi connectivity index (χ2n) is 3.15. The van der Waals surface area contributed by atoms with E-state index in [1.165, 1.54) is 13.2 Å². The Labute approximate surface area is 114 Å². The molecule has 0 unspecified atom stereocenters. The Hall–Kier alpha value is -0.560. The zero-order chi connectivity index (χ0) is 13.0. The quantitative estimate of drug-likeness (QED) is 0.462. The molecule has 0 aromatic carbocycles. The van der Waals surface area contributed by atoms with Crippen molar-refractivity contribution in [3.63, 3.8) is 0 Å². The molecule has 0 aliphatic heterocycles. The second-order valence-corrected chi connectivity index (χ2v) is 4.52. The fourth-order valence-electron chi connectivity index (χ4n) is 1.37. The Bertz CT molecular complexity index is 427. The number of pyridine rings is 1. The van der Waals surface area contributed by atoms with Crippen LogP contribution >= 0.6 is 31.9 Å². The molecule has 7 heteroatoms. The van der Waals surface area contributed by atoms with Gasteiger partial charge in [0, 0.05) is 10.9 Å². The van der Waals surface area contributed by atoms with Gasteiger partial charge in [0.25, 0.3) is 6.43 Å². The number of rotatable bonds is 4. The topological polar surface area (TPSA) is 39.2 Å². The highest BCUT2D eigenvalue weighted by Gasteiger charge is 2.21. The Morgan fingerprint density at radius 3 is 2.71 bits per heavy atom. The van der Waals surface area contributed by atoms with Crippen LogP contribution in [0.25, 0.3) is 0 Å².